The summed E-state index contributed by atoms with van der Waals surface area (Å²) in [6, 6.07) is 0.0936. The summed E-state index contributed by atoms with van der Waals surface area (Å²) >= 11 is 0. The lowest BCUT2D eigenvalue weighted by Crippen LogP contribution is -2.45. The van der Waals surface area contributed by atoms with Gasteiger partial charge < -0.3 is 16.0 Å². The van der Waals surface area contributed by atoms with E-state index in [2.05, 4.69) is 17.1 Å². The molecule has 14 heavy (non-hydrogen) atoms. The van der Waals surface area contributed by atoms with E-state index in [0.717, 1.165) is 19.3 Å². The molecule has 2 rings (SSSR count). The first-order chi connectivity index (χ1) is 6.63. The van der Waals surface area contributed by atoms with Gasteiger partial charge in [-0.1, -0.05) is 12.8 Å². The summed E-state index contributed by atoms with van der Waals surface area (Å²) in [6.45, 7) is 2.07. The zero-order valence-electron chi connectivity index (χ0n) is 8.36. The minimum absolute atomic E-state index is 0.0936. The Morgan fingerprint density at radius 1 is 1.50 bits per heavy atom. The predicted octanol–water partition coefficient (Wildman–Crippen LogP) is 0.811. The molecule has 1 aromatic heterocycles. The Bertz CT molecular complexity index is 324. The van der Waals surface area contributed by atoms with Gasteiger partial charge in [-0.2, -0.15) is 4.98 Å². The van der Waals surface area contributed by atoms with E-state index in [1.54, 1.807) is 0 Å². The van der Waals surface area contributed by atoms with Crippen LogP contribution in [0, 0.1) is 0 Å². The molecule has 1 aliphatic carbocycles. The smallest absolute Gasteiger partial charge is 0.260 e. The van der Waals surface area contributed by atoms with Crippen LogP contribution in [0.2, 0.25) is 0 Å². The normalized spacial score (nSPS) is 33.1. The van der Waals surface area contributed by atoms with Crippen LogP contribution in [0.25, 0.3) is 0 Å². The molecule has 2 atom stereocenters. The largest absolute Gasteiger partial charge is 0.365 e. The monoisotopic (exact) mass is 196 g/mol. The fourth-order valence-corrected chi connectivity index (χ4v) is 2.09. The first kappa shape index (κ1) is 9.45. The van der Waals surface area contributed by atoms with Crippen molar-refractivity contribution in [1.29, 1.82) is 0 Å². The SMILES string of the molecule is CC1(c2nc(N)no2)CCCCC1N. The van der Waals surface area contributed by atoms with Crippen molar-refractivity contribution < 1.29 is 4.52 Å². The highest BCUT2D eigenvalue weighted by atomic mass is 16.5. The second-order valence-corrected chi connectivity index (χ2v) is 4.23. The Labute approximate surface area is 82.8 Å². The van der Waals surface area contributed by atoms with Gasteiger partial charge >= 0.3 is 0 Å². The number of nitrogens with two attached hydrogens (primary N) is 2. The molecular weight excluding hydrogens is 180 g/mol. The fourth-order valence-electron chi connectivity index (χ4n) is 2.09. The van der Waals surface area contributed by atoms with E-state index in [0.29, 0.717) is 5.89 Å². The van der Waals surface area contributed by atoms with Gasteiger partial charge in [-0.3, -0.25) is 0 Å². The predicted molar refractivity (Wildman–Crippen MR) is 52.5 cm³/mol. The van der Waals surface area contributed by atoms with Crippen LogP contribution >= 0.6 is 0 Å². The molecule has 0 radical (unpaired) electrons. The molecule has 5 heteroatoms. The van der Waals surface area contributed by atoms with Crippen molar-refractivity contribution in [3.63, 3.8) is 0 Å². The Kier molecular flexibility index (Phi) is 2.19. The van der Waals surface area contributed by atoms with Gasteiger partial charge in [0, 0.05) is 6.04 Å². The summed E-state index contributed by atoms with van der Waals surface area (Å²) in [4.78, 5) is 4.08. The number of rotatable bonds is 1. The van der Waals surface area contributed by atoms with Crippen LogP contribution in [0.15, 0.2) is 4.52 Å². The highest BCUT2D eigenvalue weighted by molar-refractivity contribution is 5.17. The summed E-state index contributed by atoms with van der Waals surface area (Å²) in [6.07, 6.45) is 4.35. The number of aromatic nitrogens is 2. The minimum Gasteiger partial charge on any atom is -0.365 e. The van der Waals surface area contributed by atoms with E-state index in [1.807, 2.05) is 0 Å². The zero-order chi connectivity index (χ0) is 10.2. The first-order valence-corrected chi connectivity index (χ1v) is 4.98. The van der Waals surface area contributed by atoms with Crippen LogP contribution < -0.4 is 11.5 Å². The molecule has 1 aromatic rings. The molecular formula is C9H16N4O. The van der Waals surface area contributed by atoms with Gasteiger partial charge in [-0.15, -0.1) is 0 Å². The molecule has 5 nitrogen and oxygen atoms in total. The van der Waals surface area contributed by atoms with Gasteiger partial charge in [-0.05, 0) is 24.9 Å². The standard InChI is InChI=1S/C9H16N4O/c1-9(5-3-2-4-6(9)10)7-12-8(11)13-14-7/h6H,2-5,10H2,1H3,(H2,11,13). The molecule has 1 heterocycles. The van der Waals surface area contributed by atoms with E-state index in [1.165, 1.54) is 6.42 Å². The molecule has 78 valence electrons. The molecule has 0 amide bonds. The maximum atomic E-state index is 6.09. The maximum absolute atomic E-state index is 6.09. The quantitative estimate of drug-likeness (QED) is 0.693. The summed E-state index contributed by atoms with van der Waals surface area (Å²) < 4.78 is 5.11. The van der Waals surface area contributed by atoms with Gasteiger partial charge in [0.25, 0.3) is 5.95 Å². The number of nitrogen functional groups attached to an aromatic ring is 1. The molecule has 0 saturated heterocycles. The van der Waals surface area contributed by atoms with Crippen molar-refractivity contribution >= 4 is 5.95 Å². The average Bonchev–Trinajstić information content (AvgIpc) is 2.58. The molecule has 0 spiro atoms. The Morgan fingerprint density at radius 2 is 2.29 bits per heavy atom. The highest BCUT2D eigenvalue weighted by Gasteiger charge is 2.40. The van der Waals surface area contributed by atoms with Crippen molar-refractivity contribution in [3.05, 3.63) is 5.89 Å². The van der Waals surface area contributed by atoms with Crippen molar-refractivity contribution in [2.45, 2.75) is 44.1 Å². The Balaban J connectivity index is 2.29. The van der Waals surface area contributed by atoms with Gasteiger partial charge in [-0.25, -0.2) is 0 Å². The third kappa shape index (κ3) is 1.37. The second-order valence-electron chi connectivity index (χ2n) is 4.23. The van der Waals surface area contributed by atoms with Crippen molar-refractivity contribution in [3.8, 4) is 0 Å². The zero-order valence-corrected chi connectivity index (χ0v) is 8.36. The molecule has 0 aliphatic heterocycles. The molecule has 1 saturated carbocycles. The third-order valence-electron chi connectivity index (χ3n) is 3.21. The third-order valence-corrected chi connectivity index (χ3v) is 3.21. The van der Waals surface area contributed by atoms with E-state index in [-0.39, 0.29) is 17.4 Å². The molecule has 4 N–H and O–H groups in total. The van der Waals surface area contributed by atoms with E-state index in [9.17, 15) is 0 Å². The number of hydrogen-bond donors (Lipinski definition) is 2. The number of nitrogens with zero attached hydrogens (tertiary/aromatic N) is 2. The second kappa shape index (κ2) is 3.24. The number of anilines is 1. The lowest BCUT2D eigenvalue weighted by atomic mass is 9.72. The molecule has 1 aliphatic rings. The Hall–Kier alpha value is -1.10. The van der Waals surface area contributed by atoms with Crippen LogP contribution in [-0.2, 0) is 5.41 Å². The average molecular weight is 196 g/mol. The van der Waals surface area contributed by atoms with E-state index >= 15 is 0 Å². The van der Waals surface area contributed by atoms with Gasteiger partial charge in [0.1, 0.15) is 0 Å². The lowest BCUT2D eigenvalue weighted by Gasteiger charge is -2.35. The van der Waals surface area contributed by atoms with Crippen molar-refractivity contribution in [2.75, 3.05) is 5.73 Å². The number of hydrogen-bond acceptors (Lipinski definition) is 5. The van der Waals surface area contributed by atoms with Crippen LogP contribution in [-0.4, -0.2) is 16.2 Å². The van der Waals surface area contributed by atoms with Crippen LogP contribution in [0.5, 0.6) is 0 Å². The fraction of sp³-hybridized carbons (Fsp3) is 0.778. The summed E-state index contributed by atoms with van der Waals surface area (Å²) in [5, 5.41) is 3.61. The maximum Gasteiger partial charge on any atom is 0.260 e. The van der Waals surface area contributed by atoms with E-state index in [4.69, 9.17) is 16.0 Å². The first-order valence-electron chi connectivity index (χ1n) is 4.98. The van der Waals surface area contributed by atoms with Crippen molar-refractivity contribution in [2.24, 2.45) is 5.73 Å². The van der Waals surface area contributed by atoms with Gasteiger partial charge in [0.05, 0.1) is 5.41 Å². The lowest BCUT2D eigenvalue weighted by molar-refractivity contribution is 0.203. The van der Waals surface area contributed by atoms with Crippen LogP contribution in [0.4, 0.5) is 5.95 Å². The van der Waals surface area contributed by atoms with Gasteiger partial charge in [0.15, 0.2) is 0 Å². The molecule has 0 aromatic carbocycles. The van der Waals surface area contributed by atoms with E-state index < -0.39 is 0 Å². The highest BCUT2D eigenvalue weighted by Crippen LogP contribution is 2.37. The summed E-state index contributed by atoms with van der Waals surface area (Å²) in [7, 11) is 0. The molecule has 1 fully saturated rings. The van der Waals surface area contributed by atoms with Crippen LogP contribution in [0.3, 0.4) is 0 Å². The summed E-state index contributed by atoms with van der Waals surface area (Å²) in [5.41, 5.74) is 11.3. The minimum atomic E-state index is -0.192. The molecule has 0 bridgehead atoms. The van der Waals surface area contributed by atoms with Crippen molar-refractivity contribution in [1.82, 2.24) is 10.1 Å². The molecule has 2 unspecified atom stereocenters. The van der Waals surface area contributed by atoms with Crippen LogP contribution in [0.1, 0.15) is 38.5 Å². The van der Waals surface area contributed by atoms with Gasteiger partial charge in [0.2, 0.25) is 5.89 Å². The summed E-state index contributed by atoms with van der Waals surface area (Å²) in [5.74, 6) is 0.779. The Morgan fingerprint density at radius 3 is 2.86 bits per heavy atom. The topological polar surface area (TPSA) is 91.0 Å².